The van der Waals surface area contributed by atoms with E-state index >= 15 is 0 Å². The zero-order valence-corrected chi connectivity index (χ0v) is 19.0. The predicted molar refractivity (Wildman–Crippen MR) is 112 cm³/mol. The smallest absolute Gasteiger partial charge is 0.366 e. The van der Waals surface area contributed by atoms with E-state index in [0.29, 0.717) is 6.42 Å². The van der Waals surface area contributed by atoms with Gasteiger partial charge in [0, 0.05) is 6.42 Å². The first kappa shape index (κ1) is 27.5. The van der Waals surface area contributed by atoms with Crippen LogP contribution in [-0.2, 0) is 23.4 Å². The molecule has 168 valence electrons. The molecule has 0 radical (unpaired) electrons. The van der Waals surface area contributed by atoms with Crippen LogP contribution in [0.2, 0.25) is 0 Å². The average molecular weight is 425 g/mol. The zero-order chi connectivity index (χ0) is 20.9. The van der Waals surface area contributed by atoms with Gasteiger partial charge in [-0.05, 0) is 6.42 Å². The fourth-order valence-corrected chi connectivity index (χ4v) is 3.81. The lowest BCUT2D eigenvalue weighted by molar-refractivity contribution is -0.195. The number of carbonyl (C=O) groups is 1. The van der Waals surface area contributed by atoms with Crippen LogP contribution in [0.15, 0.2) is 0 Å². The molecule has 0 rings (SSSR count). The first-order valence-corrected chi connectivity index (χ1v) is 12.7. The van der Waals surface area contributed by atoms with E-state index in [1.807, 2.05) is 0 Å². The number of rotatable bonds is 21. The van der Waals surface area contributed by atoms with E-state index < -0.39 is 13.9 Å². The Morgan fingerprint density at radius 3 is 1.43 bits per heavy atom. The van der Waals surface area contributed by atoms with Crippen molar-refractivity contribution in [2.45, 2.75) is 122 Å². The van der Waals surface area contributed by atoms with Crippen molar-refractivity contribution in [1.82, 2.24) is 0 Å². The fraction of sp³-hybridized carbons (Fsp3) is 0.952. The summed E-state index contributed by atoms with van der Waals surface area (Å²) in [4.78, 5) is 15.3. The minimum Gasteiger partial charge on any atom is -0.366 e. The van der Waals surface area contributed by atoms with E-state index in [-0.39, 0.29) is 6.42 Å². The monoisotopic (exact) mass is 424 g/mol. The summed E-state index contributed by atoms with van der Waals surface area (Å²) in [5.74, 6) is -0.858. The maximum Gasteiger partial charge on any atom is 0.600 e. The van der Waals surface area contributed by atoms with Crippen molar-refractivity contribution in [2.24, 2.45) is 0 Å². The third-order valence-corrected chi connectivity index (χ3v) is 5.61. The maximum atomic E-state index is 13.0. The highest BCUT2D eigenvalue weighted by Gasteiger charge is 2.29. The lowest BCUT2D eigenvalue weighted by Crippen LogP contribution is -2.02. The van der Waals surface area contributed by atoms with Gasteiger partial charge in [0.05, 0.1) is 7.11 Å². The highest BCUT2D eigenvalue weighted by Crippen LogP contribution is 2.50. The molecule has 0 saturated heterocycles. The van der Waals surface area contributed by atoms with Crippen molar-refractivity contribution in [3.63, 3.8) is 0 Å². The summed E-state index contributed by atoms with van der Waals surface area (Å²) >= 11 is 0. The molecule has 0 fully saturated rings. The van der Waals surface area contributed by atoms with E-state index in [4.69, 9.17) is 0 Å². The SMILES string of the molecule is CCCCCCCCCCCCCCCCCCCC(=O)OP(=O)(F)OOC. The highest BCUT2D eigenvalue weighted by molar-refractivity contribution is 7.48. The van der Waals surface area contributed by atoms with Gasteiger partial charge in [0.25, 0.3) is 0 Å². The van der Waals surface area contributed by atoms with Crippen LogP contribution in [0, 0.1) is 0 Å². The number of unbranched alkanes of at least 4 members (excludes halogenated alkanes) is 16. The Balaban J connectivity index is 3.23. The van der Waals surface area contributed by atoms with Gasteiger partial charge >= 0.3 is 13.9 Å². The zero-order valence-electron chi connectivity index (χ0n) is 18.1. The standard InChI is InChI=1S/C21H42FO5P/c1-3-4-5-6-7-8-9-10-11-12-13-14-15-16-17-18-19-20-21(23)26-28(22,24)27-25-2/h3-20H2,1-2H3. The quantitative estimate of drug-likeness (QED) is 0.0803. The maximum absolute atomic E-state index is 13.0. The van der Waals surface area contributed by atoms with Crippen molar-refractivity contribution in [3.05, 3.63) is 0 Å². The van der Waals surface area contributed by atoms with Gasteiger partial charge in [0.1, 0.15) is 0 Å². The molecule has 5 nitrogen and oxygen atoms in total. The van der Waals surface area contributed by atoms with E-state index in [1.165, 1.54) is 83.5 Å². The van der Waals surface area contributed by atoms with Crippen molar-refractivity contribution in [2.75, 3.05) is 7.11 Å². The minimum absolute atomic E-state index is 0.0413. The third-order valence-electron chi connectivity index (χ3n) is 4.86. The number of hydrogen-bond acceptors (Lipinski definition) is 5. The molecular weight excluding hydrogens is 382 g/mol. The van der Waals surface area contributed by atoms with Crippen LogP contribution in [0.1, 0.15) is 122 Å². The van der Waals surface area contributed by atoms with Gasteiger partial charge in [-0.15, -0.1) is 8.87 Å². The van der Waals surface area contributed by atoms with Gasteiger partial charge in [0.15, 0.2) is 0 Å². The van der Waals surface area contributed by atoms with Crippen molar-refractivity contribution in [3.8, 4) is 0 Å². The summed E-state index contributed by atoms with van der Waals surface area (Å²) in [6.45, 7) is 2.26. The number of hydrogen-bond donors (Lipinski definition) is 0. The van der Waals surface area contributed by atoms with Gasteiger partial charge in [-0.3, -0.25) is 4.79 Å². The molecule has 28 heavy (non-hydrogen) atoms. The van der Waals surface area contributed by atoms with E-state index in [9.17, 15) is 13.6 Å². The van der Waals surface area contributed by atoms with Crippen LogP contribution >= 0.6 is 7.91 Å². The van der Waals surface area contributed by atoms with E-state index in [0.717, 1.165) is 26.4 Å². The molecule has 0 aliphatic heterocycles. The van der Waals surface area contributed by atoms with Crippen LogP contribution in [0.3, 0.4) is 0 Å². The van der Waals surface area contributed by atoms with Crippen LogP contribution in [0.4, 0.5) is 4.20 Å². The van der Waals surface area contributed by atoms with E-state index in [2.05, 4.69) is 21.0 Å². The largest absolute Gasteiger partial charge is 0.600 e. The summed E-state index contributed by atoms with van der Waals surface area (Å²) in [6.07, 6.45) is 21.4. The minimum atomic E-state index is -4.91. The first-order valence-electron chi connectivity index (χ1n) is 11.3. The van der Waals surface area contributed by atoms with Crippen LogP contribution in [0.5, 0.6) is 0 Å². The van der Waals surface area contributed by atoms with E-state index in [1.54, 1.807) is 0 Å². The molecule has 0 spiro atoms. The van der Waals surface area contributed by atoms with Crippen LogP contribution < -0.4 is 0 Å². The van der Waals surface area contributed by atoms with Crippen molar-refractivity contribution >= 4 is 13.9 Å². The summed E-state index contributed by atoms with van der Waals surface area (Å²) in [5.41, 5.74) is 0. The second-order valence-electron chi connectivity index (χ2n) is 7.54. The molecule has 1 unspecified atom stereocenters. The molecule has 0 N–H and O–H groups in total. The molecule has 0 aromatic heterocycles. The molecule has 0 bridgehead atoms. The number of carbonyl (C=O) groups excluding carboxylic acids is 1. The van der Waals surface area contributed by atoms with Crippen molar-refractivity contribution < 1.29 is 27.6 Å². The van der Waals surface area contributed by atoms with Crippen molar-refractivity contribution in [1.29, 1.82) is 0 Å². The Kier molecular flexibility index (Phi) is 19.5. The molecule has 0 saturated carbocycles. The Hall–Kier alpha value is -0.450. The van der Waals surface area contributed by atoms with Gasteiger partial charge in [-0.1, -0.05) is 110 Å². The van der Waals surface area contributed by atoms with Crippen LogP contribution in [-0.4, -0.2) is 13.1 Å². The molecular formula is C21H42FO5P. The van der Waals surface area contributed by atoms with Gasteiger partial charge in [-0.25, -0.2) is 9.45 Å². The molecule has 0 aliphatic carbocycles. The summed E-state index contributed by atoms with van der Waals surface area (Å²) in [6, 6.07) is 0. The highest BCUT2D eigenvalue weighted by atomic mass is 31.2. The summed E-state index contributed by atoms with van der Waals surface area (Å²) in [5, 5.41) is 0. The normalized spacial score (nSPS) is 13.4. The lowest BCUT2D eigenvalue weighted by Gasteiger charge is -2.07. The van der Waals surface area contributed by atoms with Gasteiger partial charge < -0.3 is 4.52 Å². The number of halogens is 1. The fourth-order valence-electron chi connectivity index (χ4n) is 3.27. The Labute approximate surface area is 171 Å². The summed E-state index contributed by atoms with van der Waals surface area (Å²) in [7, 11) is -3.92. The molecule has 0 amide bonds. The van der Waals surface area contributed by atoms with Gasteiger partial charge in [-0.2, -0.15) is 0 Å². The topological polar surface area (TPSA) is 61.8 Å². The van der Waals surface area contributed by atoms with Gasteiger partial charge in [0.2, 0.25) is 0 Å². The van der Waals surface area contributed by atoms with Crippen LogP contribution in [0.25, 0.3) is 0 Å². The molecule has 7 heteroatoms. The molecule has 0 aromatic rings. The average Bonchev–Trinajstić information content (AvgIpc) is 2.63. The molecule has 0 aliphatic rings. The second kappa shape index (κ2) is 19.8. The summed E-state index contributed by atoms with van der Waals surface area (Å²) < 4.78 is 31.9. The Bertz CT molecular complexity index is 406. The molecule has 0 heterocycles. The predicted octanol–water partition coefficient (Wildman–Crippen LogP) is 8.23. The Morgan fingerprint density at radius 1 is 0.714 bits per heavy atom. The lowest BCUT2D eigenvalue weighted by atomic mass is 10.0. The second-order valence-corrected chi connectivity index (χ2v) is 8.73. The molecule has 1 atom stereocenters. The Morgan fingerprint density at radius 2 is 1.07 bits per heavy atom. The first-order chi connectivity index (χ1) is 13.5. The molecule has 0 aromatic carbocycles. The third kappa shape index (κ3) is 20.3.